The van der Waals surface area contributed by atoms with Crippen LogP contribution in [0.2, 0.25) is 0 Å². The molecular weight excluding hydrogens is 214 g/mol. The predicted octanol–water partition coefficient (Wildman–Crippen LogP) is 1.03. The van der Waals surface area contributed by atoms with Crippen molar-refractivity contribution in [3.63, 3.8) is 0 Å². The zero-order valence-corrected chi connectivity index (χ0v) is 8.03. The lowest BCUT2D eigenvalue weighted by Gasteiger charge is -1.98. The van der Waals surface area contributed by atoms with Crippen molar-refractivity contribution in [2.75, 3.05) is 0 Å². The molecule has 0 saturated carbocycles. The molecule has 0 saturated heterocycles. The number of fused-ring (bicyclic) bond motifs is 1. The van der Waals surface area contributed by atoms with Crippen molar-refractivity contribution in [2.24, 2.45) is 0 Å². The molecule has 0 radical (unpaired) electrons. The maximum atomic E-state index is 10.7. The minimum atomic E-state index is -1.04. The van der Waals surface area contributed by atoms with Crippen LogP contribution in [0.3, 0.4) is 0 Å². The summed E-state index contributed by atoms with van der Waals surface area (Å²) in [4.78, 5) is 20.7. The van der Waals surface area contributed by atoms with Crippen LogP contribution in [0.25, 0.3) is 10.9 Å². The van der Waals surface area contributed by atoms with Crippen molar-refractivity contribution in [3.05, 3.63) is 34.5 Å². The zero-order chi connectivity index (χ0) is 11.7. The van der Waals surface area contributed by atoms with Crippen LogP contribution in [0.15, 0.2) is 24.4 Å². The number of non-ortho nitro benzene ring substituents is 1. The van der Waals surface area contributed by atoms with Crippen LogP contribution < -0.4 is 0 Å². The number of carboxylic acid groups (broad SMARTS) is 1. The van der Waals surface area contributed by atoms with Gasteiger partial charge in [-0.15, -0.1) is 0 Å². The molecule has 0 spiro atoms. The second-order valence-corrected chi connectivity index (χ2v) is 3.16. The molecular formula is C9H7N3O4. The monoisotopic (exact) mass is 221 g/mol. The van der Waals surface area contributed by atoms with Gasteiger partial charge in [0.25, 0.3) is 5.69 Å². The van der Waals surface area contributed by atoms with Crippen molar-refractivity contribution in [1.82, 2.24) is 9.78 Å². The normalized spacial score (nSPS) is 10.5. The van der Waals surface area contributed by atoms with E-state index in [1.165, 1.54) is 23.0 Å². The average molecular weight is 221 g/mol. The highest BCUT2D eigenvalue weighted by molar-refractivity contribution is 5.88. The van der Waals surface area contributed by atoms with Crippen molar-refractivity contribution < 1.29 is 14.8 Å². The second-order valence-electron chi connectivity index (χ2n) is 3.16. The number of aromatic nitrogens is 2. The highest BCUT2D eigenvalue weighted by atomic mass is 16.6. The first-order valence-electron chi connectivity index (χ1n) is 4.40. The van der Waals surface area contributed by atoms with Gasteiger partial charge in [-0.1, -0.05) is 6.07 Å². The van der Waals surface area contributed by atoms with E-state index in [2.05, 4.69) is 5.10 Å². The van der Waals surface area contributed by atoms with E-state index in [-0.39, 0.29) is 12.2 Å². The van der Waals surface area contributed by atoms with Gasteiger partial charge in [0.15, 0.2) is 0 Å². The molecule has 0 atom stereocenters. The number of nitro groups is 1. The summed E-state index contributed by atoms with van der Waals surface area (Å²) in [5, 5.41) is 23.5. The van der Waals surface area contributed by atoms with Gasteiger partial charge in [-0.3, -0.25) is 19.6 Å². The fourth-order valence-corrected chi connectivity index (χ4v) is 1.50. The van der Waals surface area contributed by atoms with Crippen molar-refractivity contribution in [1.29, 1.82) is 0 Å². The summed E-state index contributed by atoms with van der Waals surface area (Å²) in [6.45, 7) is -0.315. The van der Waals surface area contributed by atoms with Crippen LogP contribution >= 0.6 is 0 Å². The number of nitrogens with zero attached hydrogens (tertiary/aromatic N) is 3. The highest BCUT2D eigenvalue weighted by Crippen LogP contribution is 2.24. The summed E-state index contributed by atoms with van der Waals surface area (Å²) in [6.07, 6.45) is 1.30. The summed E-state index contributed by atoms with van der Waals surface area (Å²) in [5.41, 5.74) is 0.366. The van der Waals surface area contributed by atoms with Gasteiger partial charge in [-0.05, 0) is 6.07 Å². The Kier molecular flexibility index (Phi) is 2.28. The molecule has 0 amide bonds. The first-order chi connectivity index (χ1) is 7.59. The van der Waals surface area contributed by atoms with Gasteiger partial charge >= 0.3 is 5.97 Å². The first kappa shape index (κ1) is 10.1. The van der Waals surface area contributed by atoms with E-state index in [1.54, 1.807) is 6.07 Å². The Morgan fingerprint density at radius 1 is 1.56 bits per heavy atom. The number of hydrogen-bond acceptors (Lipinski definition) is 4. The third kappa shape index (κ3) is 1.58. The van der Waals surface area contributed by atoms with Crippen molar-refractivity contribution >= 4 is 22.6 Å². The topological polar surface area (TPSA) is 98.3 Å². The second kappa shape index (κ2) is 3.61. The zero-order valence-electron chi connectivity index (χ0n) is 8.03. The molecule has 7 nitrogen and oxygen atoms in total. The Labute approximate surface area is 89.1 Å². The van der Waals surface area contributed by atoms with E-state index in [0.717, 1.165) is 0 Å². The Balaban J connectivity index is 2.61. The minimum Gasteiger partial charge on any atom is -0.480 e. The molecule has 0 aliphatic carbocycles. The van der Waals surface area contributed by atoms with Crippen LogP contribution in [-0.2, 0) is 11.3 Å². The van der Waals surface area contributed by atoms with Crippen LogP contribution in [0.1, 0.15) is 0 Å². The number of carbonyl (C=O) groups is 1. The van der Waals surface area contributed by atoms with Crippen molar-refractivity contribution in [3.8, 4) is 0 Å². The Bertz CT molecular complexity index is 575. The summed E-state index contributed by atoms with van der Waals surface area (Å²) in [5.74, 6) is -1.04. The van der Waals surface area contributed by atoms with Gasteiger partial charge in [0.05, 0.1) is 22.0 Å². The predicted molar refractivity (Wildman–Crippen MR) is 54.0 cm³/mol. The van der Waals surface area contributed by atoms with Crippen LogP contribution in [0.4, 0.5) is 5.69 Å². The Morgan fingerprint density at radius 2 is 2.31 bits per heavy atom. The van der Waals surface area contributed by atoms with Gasteiger partial charge < -0.3 is 5.11 Å². The van der Waals surface area contributed by atoms with Crippen LogP contribution in [0.5, 0.6) is 0 Å². The lowest BCUT2D eigenvalue weighted by Crippen LogP contribution is -2.09. The largest absolute Gasteiger partial charge is 0.480 e. The maximum Gasteiger partial charge on any atom is 0.325 e. The quantitative estimate of drug-likeness (QED) is 0.616. The number of benzene rings is 1. The maximum absolute atomic E-state index is 10.7. The average Bonchev–Trinajstić information content (AvgIpc) is 2.60. The van der Waals surface area contributed by atoms with E-state index in [9.17, 15) is 14.9 Å². The molecule has 1 aromatic heterocycles. The first-order valence-corrected chi connectivity index (χ1v) is 4.40. The number of rotatable bonds is 3. The van der Waals surface area contributed by atoms with Gasteiger partial charge in [0.2, 0.25) is 0 Å². The molecule has 16 heavy (non-hydrogen) atoms. The molecule has 0 aliphatic rings. The third-order valence-electron chi connectivity index (χ3n) is 2.15. The van der Waals surface area contributed by atoms with Gasteiger partial charge in [0.1, 0.15) is 6.54 Å². The molecule has 2 aromatic rings. The third-order valence-corrected chi connectivity index (χ3v) is 2.15. The molecule has 0 bridgehead atoms. The summed E-state index contributed by atoms with van der Waals surface area (Å²) >= 11 is 0. The highest BCUT2D eigenvalue weighted by Gasteiger charge is 2.15. The number of carboxylic acids is 1. The SMILES string of the molecule is O=C(O)Cn1ncc2c([N+](=O)[O-])cccc21. The Hall–Kier alpha value is -2.44. The van der Waals surface area contributed by atoms with Crippen LogP contribution in [0, 0.1) is 10.1 Å². The molecule has 2 rings (SSSR count). The molecule has 1 heterocycles. The lowest BCUT2D eigenvalue weighted by molar-refractivity contribution is -0.383. The molecule has 1 N–H and O–H groups in total. The molecule has 82 valence electrons. The Morgan fingerprint density at radius 3 is 2.94 bits per heavy atom. The molecule has 0 fully saturated rings. The number of aliphatic carboxylic acids is 1. The standard InChI is InChI=1S/C9H7N3O4/c13-9(14)5-11-7-2-1-3-8(12(15)16)6(7)4-10-11/h1-4H,5H2,(H,13,14). The van der Waals surface area contributed by atoms with Crippen LogP contribution in [-0.4, -0.2) is 25.8 Å². The van der Waals surface area contributed by atoms with E-state index >= 15 is 0 Å². The van der Waals surface area contributed by atoms with Gasteiger partial charge in [-0.25, -0.2) is 0 Å². The molecule has 7 heteroatoms. The van der Waals surface area contributed by atoms with Gasteiger partial charge in [0, 0.05) is 6.07 Å². The molecule has 0 unspecified atom stereocenters. The fraction of sp³-hybridized carbons (Fsp3) is 0.111. The smallest absolute Gasteiger partial charge is 0.325 e. The number of nitro benzene ring substituents is 1. The van der Waals surface area contributed by atoms with E-state index in [4.69, 9.17) is 5.11 Å². The van der Waals surface area contributed by atoms with E-state index < -0.39 is 10.9 Å². The molecule has 1 aromatic carbocycles. The summed E-state index contributed by atoms with van der Waals surface area (Å²) < 4.78 is 1.21. The summed E-state index contributed by atoms with van der Waals surface area (Å²) in [7, 11) is 0. The fourth-order valence-electron chi connectivity index (χ4n) is 1.50. The summed E-state index contributed by atoms with van der Waals surface area (Å²) in [6, 6.07) is 4.45. The number of hydrogen-bond donors (Lipinski definition) is 1. The molecule has 0 aliphatic heterocycles. The minimum absolute atomic E-state index is 0.0749. The lowest BCUT2D eigenvalue weighted by atomic mass is 10.2. The van der Waals surface area contributed by atoms with Crippen molar-refractivity contribution in [2.45, 2.75) is 6.54 Å². The van der Waals surface area contributed by atoms with Gasteiger partial charge in [-0.2, -0.15) is 5.10 Å². The van der Waals surface area contributed by atoms with E-state index in [1.807, 2.05) is 0 Å². The van der Waals surface area contributed by atoms with E-state index in [0.29, 0.717) is 10.9 Å².